The number of hydrogen-bond donors (Lipinski definition) is 5. The number of rotatable bonds is 10. The zero-order chi connectivity index (χ0) is 25.7. The second-order valence-corrected chi connectivity index (χ2v) is 10.1. The van der Waals surface area contributed by atoms with E-state index in [0.717, 1.165) is 47.3 Å². The third-order valence-electron chi connectivity index (χ3n) is 6.80. The topological polar surface area (TPSA) is 148 Å². The van der Waals surface area contributed by atoms with Crippen LogP contribution < -0.4 is 22.1 Å². The number of nitrogens with two attached hydrogens (primary N) is 2. The molecule has 0 radical (unpaired) electrons. The number of carboxylic acids is 1. The summed E-state index contributed by atoms with van der Waals surface area (Å²) in [5.74, 6) is -1.47. The number of aliphatic carboxylic acids is 1. The van der Waals surface area contributed by atoms with Gasteiger partial charge >= 0.3 is 12.0 Å². The summed E-state index contributed by atoms with van der Waals surface area (Å²) in [6.07, 6.45) is 4.45. The SMILES string of the molecule is NC(=O)Nc1sc(-c2cccc(CCN[C@](C(=O)O)(c3ccccc3)C3CCCC3)c2)cc1C(N)=O. The predicted molar refractivity (Wildman–Crippen MR) is 141 cm³/mol. The number of urea groups is 1. The van der Waals surface area contributed by atoms with E-state index in [0.29, 0.717) is 18.0 Å². The highest BCUT2D eigenvalue weighted by molar-refractivity contribution is 7.20. The number of carbonyl (C=O) groups excluding carboxylic acids is 2. The molecule has 0 bridgehead atoms. The molecule has 1 aromatic heterocycles. The van der Waals surface area contributed by atoms with Crippen LogP contribution in [0.2, 0.25) is 0 Å². The van der Waals surface area contributed by atoms with Gasteiger partial charge < -0.3 is 16.6 Å². The van der Waals surface area contributed by atoms with Crippen molar-refractivity contribution in [3.05, 3.63) is 77.4 Å². The summed E-state index contributed by atoms with van der Waals surface area (Å²) in [6.45, 7) is 0.479. The van der Waals surface area contributed by atoms with Crippen molar-refractivity contribution in [2.24, 2.45) is 17.4 Å². The summed E-state index contributed by atoms with van der Waals surface area (Å²) >= 11 is 1.22. The van der Waals surface area contributed by atoms with Gasteiger partial charge in [-0.05, 0) is 47.9 Å². The number of hydrogen-bond acceptors (Lipinski definition) is 5. The van der Waals surface area contributed by atoms with E-state index in [1.807, 2.05) is 54.6 Å². The van der Waals surface area contributed by atoms with E-state index in [2.05, 4.69) is 10.6 Å². The van der Waals surface area contributed by atoms with Gasteiger partial charge in [-0.15, -0.1) is 11.3 Å². The number of benzene rings is 2. The van der Waals surface area contributed by atoms with Crippen LogP contribution in [0, 0.1) is 5.92 Å². The molecule has 0 unspecified atom stereocenters. The Morgan fingerprint density at radius 2 is 1.72 bits per heavy atom. The molecule has 4 rings (SSSR count). The summed E-state index contributed by atoms with van der Waals surface area (Å²) in [5.41, 5.74) is 12.4. The number of nitrogens with one attached hydrogen (secondary N) is 2. The molecule has 188 valence electrons. The zero-order valence-corrected chi connectivity index (χ0v) is 20.6. The third-order valence-corrected chi connectivity index (χ3v) is 7.90. The van der Waals surface area contributed by atoms with Crippen molar-refractivity contribution in [1.82, 2.24) is 5.32 Å². The maximum Gasteiger partial charge on any atom is 0.328 e. The van der Waals surface area contributed by atoms with Gasteiger partial charge in [0.2, 0.25) is 0 Å². The lowest BCUT2D eigenvalue weighted by Gasteiger charge is -2.37. The molecule has 1 saturated carbocycles. The number of amides is 3. The molecule has 8 nitrogen and oxygen atoms in total. The van der Waals surface area contributed by atoms with Gasteiger partial charge in [0.1, 0.15) is 10.5 Å². The first-order valence-corrected chi connectivity index (χ1v) is 12.8. The lowest BCUT2D eigenvalue weighted by molar-refractivity contribution is -0.148. The van der Waals surface area contributed by atoms with E-state index >= 15 is 0 Å². The van der Waals surface area contributed by atoms with E-state index in [-0.39, 0.29) is 11.5 Å². The Kier molecular flexibility index (Phi) is 7.71. The van der Waals surface area contributed by atoms with Crippen molar-refractivity contribution in [3.8, 4) is 10.4 Å². The van der Waals surface area contributed by atoms with Crippen LogP contribution in [0.1, 0.15) is 47.2 Å². The molecule has 2 aromatic carbocycles. The molecular weight excluding hydrogens is 476 g/mol. The van der Waals surface area contributed by atoms with Crippen LogP contribution in [0.25, 0.3) is 10.4 Å². The Hall–Kier alpha value is -3.69. The van der Waals surface area contributed by atoms with Crippen molar-refractivity contribution in [3.63, 3.8) is 0 Å². The second kappa shape index (κ2) is 10.9. The minimum Gasteiger partial charge on any atom is -0.480 e. The van der Waals surface area contributed by atoms with Gasteiger partial charge in [0.05, 0.1) is 5.56 Å². The highest BCUT2D eigenvalue weighted by Crippen LogP contribution is 2.41. The van der Waals surface area contributed by atoms with Crippen LogP contribution in [-0.2, 0) is 16.8 Å². The Morgan fingerprint density at radius 1 is 1.00 bits per heavy atom. The van der Waals surface area contributed by atoms with Crippen LogP contribution in [0.5, 0.6) is 0 Å². The minimum absolute atomic E-state index is 0.0262. The van der Waals surface area contributed by atoms with Crippen molar-refractivity contribution < 1.29 is 19.5 Å². The van der Waals surface area contributed by atoms with Crippen molar-refractivity contribution in [2.45, 2.75) is 37.6 Å². The van der Waals surface area contributed by atoms with Gasteiger partial charge in [-0.1, -0.05) is 67.4 Å². The molecule has 1 heterocycles. The molecule has 1 atom stereocenters. The fourth-order valence-electron chi connectivity index (χ4n) is 5.12. The fraction of sp³-hybridized carbons (Fsp3) is 0.296. The lowest BCUT2D eigenvalue weighted by Crippen LogP contribution is -2.54. The summed E-state index contributed by atoms with van der Waals surface area (Å²) in [4.78, 5) is 36.6. The molecule has 1 aliphatic rings. The second-order valence-electron chi connectivity index (χ2n) is 9.04. The highest BCUT2D eigenvalue weighted by atomic mass is 32.1. The van der Waals surface area contributed by atoms with Crippen LogP contribution in [0.3, 0.4) is 0 Å². The van der Waals surface area contributed by atoms with Crippen molar-refractivity contribution >= 4 is 34.2 Å². The predicted octanol–water partition coefficient (Wildman–Crippen LogP) is 4.31. The van der Waals surface area contributed by atoms with Gasteiger partial charge in [-0.25, -0.2) is 9.59 Å². The van der Waals surface area contributed by atoms with Crippen LogP contribution in [0.4, 0.5) is 9.80 Å². The van der Waals surface area contributed by atoms with Crippen molar-refractivity contribution in [1.29, 1.82) is 0 Å². The largest absolute Gasteiger partial charge is 0.480 e. The van der Waals surface area contributed by atoms with E-state index in [1.165, 1.54) is 11.3 Å². The van der Waals surface area contributed by atoms with Gasteiger partial charge in [-0.3, -0.25) is 15.4 Å². The van der Waals surface area contributed by atoms with Crippen molar-refractivity contribution in [2.75, 3.05) is 11.9 Å². The molecular formula is C27H30N4O4S. The van der Waals surface area contributed by atoms with E-state index in [9.17, 15) is 19.5 Å². The summed E-state index contributed by atoms with van der Waals surface area (Å²) in [7, 11) is 0. The minimum atomic E-state index is -1.13. The molecule has 9 heteroatoms. The number of carbonyl (C=O) groups is 3. The molecule has 0 aliphatic heterocycles. The highest BCUT2D eigenvalue weighted by Gasteiger charge is 2.47. The number of thiophene rings is 1. The van der Waals surface area contributed by atoms with E-state index in [1.54, 1.807) is 6.07 Å². The smallest absolute Gasteiger partial charge is 0.328 e. The van der Waals surface area contributed by atoms with Gasteiger partial charge in [0.15, 0.2) is 0 Å². The first-order valence-electron chi connectivity index (χ1n) is 11.9. The molecule has 3 amide bonds. The molecule has 3 aromatic rings. The third kappa shape index (κ3) is 5.27. The van der Waals surface area contributed by atoms with Crippen LogP contribution in [-0.4, -0.2) is 29.6 Å². The average molecular weight is 507 g/mol. The summed E-state index contributed by atoms with van der Waals surface area (Å²) in [5, 5.41) is 16.6. The Morgan fingerprint density at radius 3 is 2.36 bits per heavy atom. The molecule has 0 spiro atoms. The number of primary amides is 2. The first-order chi connectivity index (χ1) is 17.3. The normalized spacial score (nSPS) is 15.3. The van der Waals surface area contributed by atoms with E-state index in [4.69, 9.17) is 11.5 Å². The Bertz CT molecular complexity index is 1250. The molecule has 1 fully saturated rings. The first kappa shape index (κ1) is 25.4. The fourth-order valence-corrected chi connectivity index (χ4v) is 6.18. The molecule has 0 saturated heterocycles. The number of anilines is 1. The monoisotopic (exact) mass is 506 g/mol. The van der Waals surface area contributed by atoms with Gasteiger partial charge in [0.25, 0.3) is 5.91 Å². The lowest BCUT2D eigenvalue weighted by atomic mass is 9.76. The number of carboxylic acid groups (broad SMARTS) is 1. The standard InChI is InChI=1S/C27H30N4O4S/c28-23(32)21-16-22(36-24(21)31-26(29)35)18-8-6-7-17(15-18)13-14-30-27(25(33)34,20-11-4-5-12-20)19-9-2-1-3-10-19/h1-3,6-10,15-16,20,30H,4-5,11-14H2,(H2,28,32)(H,33,34)(H3,29,31,35)/t27-/m1/s1. The Balaban J connectivity index is 1.55. The molecule has 7 N–H and O–H groups in total. The quantitative estimate of drug-likeness (QED) is 0.278. The molecule has 1 aliphatic carbocycles. The zero-order valence-electron chi connectivity index (χ0n) is 19.8. The average Bonchev–Trinajstić information content (AvgIpc) is 3.53. The van der Waals surface area contributed by atoms with Gasteiger partial charge in [0, 0.05) is 11.4 Å². The van der Waals surface area contributed by atoms with Gasteiger partial charge in [-0.2, -0.15) is 0 Å². The summed E-state index contributed by atoms with van der Waals surface area (Å²) < 4.78 is 0. The summed E-state index contributed by atoms with van der Waals surface area (Å²) in [6, 6.07) is 18.1. The Labute approximate surface area is 213 Å². The van der Waals surface area contributed by atoms with Crippen LogP contribution in [0.15, 0.2) is 60.7 Å². The van der Waals surface area contributed by atoms with E-state index < -0.39 is 23.4 Å². The van der Waals surface area contributed by atoms with Crippen LogP contribution >= 0.6 is 11.3 Å². The maximum atomic E-state index is 12.7. The molecule has 36 heavy (non-hydrogen) atoms. The maximum absolute atomic E-state index is 12.7.